The highest BCUT2D eigenvalue weighted by atomic mass is 16.2. The number of hydrogen-bond acceptors (Lipinski definition) is 4. The average molecular weight is 353 g/mol. The van der Waals surface area contributed by atoms with Crippen molar-refractivity contribution in [1.29, 1.82) is 0 Å². The first-order chi connectivity index (χ1) is 12.5. The summed E-state index contributed by atoms with van der Waals surface area (Å²) in [4.78, 5) is 43.8. The van der Waals surface area contributed by atoms with E-state index in [0.29, 0.717) is 12.4 Å². The third-order valence-corrected chi connectivity index (χ3v) is 4.06. The van der Waals surface area contributed by atoms with Crippen LogP contribution in [0.1, 0.15) is 21.7 Å². The number of hydrogen-bond donors (Lipinski definition) is 1. The van der Waals surface area contributed by atoms with Gasteiger partial charge in [-0.15, -0.1) is 0 Å². The van der Waals surface area contributed by atoms with Gasteiger partial charge >= 0.3 is 5.69 Å². The molecule has 8 heteroatoms. The minimum absolute atomic E-state index is 0.0873. The summed E-state index contributed by atoms with van der Waals surface area (Å²) >= 11 is 0. The number of aryl methyl sites for hydroxylation is 1. The van der Waals surface area contributed by atoms with Crippen LogP contribution in [-0.4, -0.2) is 37.0 Å². The Labute approximate surface area is 149 Å². The number of imidazole rings is 1. The van der Waals surface area contributed by atoms with Gasteiger partial charge in [0.1, 0.15) is 11.4 Å². The van der Waals surface area contributed by atoms with Gasteiger partial charge in [0.25, 0.3) is 11.5 Å². The van der Waals surface area contributed by atoms with Crippen LogP contribution in [0.5, 0.6) is 0 Å². The van der Waals surface area contributed by atoms with Gasteiger partial charge in [-0.2, -0.15) is 0 Å². The fraction of sp³-hybridized carbons (Fsp3) is 0.222. The van der Waals surface area contributed by atoms with E-state index >= 15 is 0 Å². The Hall–Kier alpha value is -3.42. The Morgan fingerprint density at radius 2 is 1.96 bits per heavy atom. The molecule has 3 rings (SSSR count). The zero-order valence-corrected chi connectivity index (χ0v) is 14.5. The fourth-order valence-corrected chi connectivity index (χ4v) is 2.62. The maximum absolute atomic E-state index is 12.6. The minimum Gasteiger partial charge on any atom is -0.334 e. The Balaban J connectivity index is 1.79. The maximum atomic E-state index is 12.6. The standard InChI is InChI=1S/C18H19N5O3/c1-21(17(25)14-11-22(2)18(26)20-16(14)24)12-15-19-8-9-23(15)10-13-6-4-3-5-7-13/h3-9,11H,10,12H2,1-2H3,(H,20,24,26). The van der Waals surface area contributed by atoms with Crippen LogP contribution >= 0.6 is 0 Å². The van der Waals surface area contributed by atoms with Gasteiger partial charge in [-0.05, 0) is 5.56 Å². The summed E-state index contributed by atoms with van der Waals surface area (Å²) in [5.74, 6) is 0.224. The summed E-state index contributed by atoms with van der Waals surface area (Å²) < 4.78 is 3.11. The van der Waals surface area contributed by atoms with E-state index in [1.807, 2.05) is 41.1 Å². The molecule has 2 heterocycles. The summed E-state index contributed by atoms with van der Waals surface area (Å²) in [6.45, 7) is 0.875. The molecule has 0 aliphatic carbocycles. The molecule has 2 aromatic heterocycles. The lowest BCUT2D eigenvalue weighted by Crippen LogP contribution is -2.37. The largest absolute Gasteiger partial charge is 0.334 e. The summed E-state index contributed by atoms with van der Waals surface area (Å²) in [5, 5.41) is 0. The zero-order valence-electron chi connectivity index (χ0n) is 14.5. The van der Waals surface area contributed by atoms with E-state index in [-0.39, 0.29) is 12.1 Å². The van der Waals surface area contributed by atoms with Crippen LogP contribution in [0.2, 0.25) is 0 Å². The second-order valence-electron chi connectivity index (χ2n) is 6.03. The van der Waals surface area contributed by atoms with Crippen LogP contribution in [0, 0.1) is 0 Å². The molecule has 0 atom stereocenters. The van der Waals surface area contributed by atoms with Crippen molar-refractivity contribution in [2.75, 3.05) is 7.05 Å². The number of aromatic amines is 1. The van der Waals surface area contributed by atoms with E-state index in [1.165, 1.54) is 22.7 Å². The van der Waals surface area contributed by atoms with E-state index in [9.17, 15) is 14.4 Å². The van der Waals surface area contributed by atoms with Crippen molar-refractivity contribution in [3.8, 4) is 0 Å². The van der Waals surface area contributed by atoms with Gasteiger partial charge in [-0.3, -0.25) is 14.6 Å². The number of nitrogens with zero attached hydrogens (tertiary/aromatic N) is 4. The number of aromatic nitrogens is 4. The number of amides is 1. The summed E-state index contributed by atoms with van der Waals surface area (Å²) in [5.41, 5.74) is -0.226. The second-order valence-corrected chi connectivity index (χ2v) is 6.03. The monoisotopic (exact) mass is 353 g/mol. The van der Waals surface area contributed by atoms with Crippen LogP contribution in [0.15, 0.2) is 58.5 Å². The molecule has 8 nitrogen and oxygen atoms in total. The summed E-state index contributed by atoms with van der Waals surface area (Å²) in [7, 11) is 3.07. The zero-order chi connectivity index (χ0) is 18.7. The SMILES string of the molecule is CN(Cc1nccn1Cc1ccccc1)C(=O)c1cn(C)c(=O)[nH]c1=O. The number of nitrogens with one attached hydrogen (secondary N) is 1. The van der Waals surface area contributed by atoms with Gasteiger partial charge in [0.15, 0.2) is 0 Å². The molecular weight excluding hydrogens is 334 g/mol. The quantitative estimate of drug-likeness (QED) is 0.727. The average Bonchev–Trinajstić information content (AvgIpc) is 3.05. The van der Waals surface area contributed by atoms with Gasteiger partial charge in [0.05, 0.1) is 6.54 Å². The van der Waals surface area contributed by atoms with Crippen LogP contribution in [0.25, 0.3) is 0 Å². The molecule has 0 aliphatic heterocycles. The normalized spacial score (nSPS) is 10.7. The Kier molecular flexibility index (Phi) is 4.83. The highest BCUT2D eigenvalue weighted by Crippen LogP contribution is 2.08. The van der Waals surface area contributed by atoms with E-state index in [0.717, 1.165) is 5.56 Å². The first-order valence-electron chi connectivity index (χ1n) is 8.05. The van der Waals surface area contributed by atoms with E-state index < -0.39 is 17.2 Å². The molecule has 0 unspecified atom stereocenters. The molecule has 0 fully saturated rings. The fourth-order valence-electron chi connectivity index (χ4n) is 2.62. The van der Waals surface area contributed by atoms with E-state index in [2.05, 4.69) is 9.97 Å². The number of benzene rings is 1. The van der Waals surface area contributed by atoms with Crippen molar-refractivity contribution in [2.45, 2.75) is 13.1 Å². The van der Waals surface area contributed by atoms with Crippen molar-refractivity contribution >= 4 is 5.91 Å². The van der Waals surface area contributed by atoms with Crippen LogP contribution in [0.3, 0.4) is 0 Å². The highest BCUT2D eigenvalue weighted by molar-refractivity contribution is 5.93. The van der Waals surface area contributed by atoms with Crippen LogP contribution < -0.4 is 11.2 Å². The second kappa shape index (κ2) is 7.22. The molecule has 3 aromatic rings. The molecule has 1 amide bonds. The summed E-state index contributed by atoms with van der Waals surface area (Å²) in [6.07, 6.45) is 4.77. The first-order valence-corrected chi connectivity index (χ1v) is 8.05. The lowest BCUT2D eigenvalue weighted by molar-refractivity contribution is 0.0777. The predicted molar refractivity (Wildman–Crippen MR) is 95.9 cm³/mol. The van der Waals surface area contributed by atoms with E-state index in [1.54, 1.807) is 13.2 Å². The molecule has 1 aromatic carbocycles. The summed E-state index contributed by atoms with van der Waals surface area (Å²) in [6, 6.07) is 9.92. The van der Waals surface area contributed by atoms with Crippen molar-refractivity contribution in [3.63, 3.8) is 0 Å². The minimum atomic E-state index is -0.697. The molecule has 0 spiro atoms. The van der Waals surface area contributed by atoms with Crippen LogP contribution in [-0.2, 0) is 20.1 Å². The third-order valence-electron chi connectivity index (χ3n) is 4.06. The number of carbonyl (C=O) groups is 1. The Morgan fingerprint density at radius 1 is 1.23 bits per heavy atom. The topological polar surface area (TPSA) is 93.0 Å². The Morgan fingerprint density at radius 3 is 2.69 bits per heavy atom. The molecule has 0 bridgehead atoms. The van der Waals surface area contributed by atoms with Gasteiger partial charge in [-0.1, -0.05) is 30.3 Å². The smallest absolute Gasteiger partial charge is 0.328 e. The van der Waals surface area contributed by atoms with Crippen molar-refractivity contribution < 1.29 is 4.79 Å². The molecule has 0 saturated carbocycles. The molecule has 0 aliphatic rings. The number of carbonyl (C=O) groups excluding carboxylic acids is 1. The molecule has 0 saturated heterocycles. The van der Waals surface area contributed by atoms with Gasteiger partial charge in [0.2, 0.25) is 0 Å². The molecule has 134 valence electrons. The van der Waals surface area contributed by atoms with Crippen LogP contribution in [0.4, 0.5) is 0 Å². The van der Waals surface area contributed by atoms with Crippen molar-refractivity contribution in [3.05, 3.63) is 86.7 Å². The molecular formula is C18H19N5O3. The van der Waals surface area contributed by atoms with Gasteiger partial charge in [0, 0.05) is 39.2 Å². The van der Waals surface area contributed by atoms with Gasteiger partial charge in [-0.25, -0.2) is 9.78 Å². The maximum Gasteiger partial charge on any atom is 0.328 e. The first kappa shape index (κ1) is 17.4. The third kappa shape index (κ3) is 3.64. The van der Waals surface area contributed by atoms with Gasteiger partial charge < -0.3 is 14.0 Å². The molecule has 26 heavy (non-hydrogen) atoms. The molecule has 1 N–H and O–H groups in total. The Bertz CT molecular complexity index is 1030. The molecule has 0 radical (unpaired) electrons. The number of rotatable bonds is 5. The predicted octanol–water partition coefficient (Wildman–Crippen LogP) is 0.591. The lowest BCUT2D eigenvalue weighted by atomic mass is 10.2. The highest BCUT2D eigenvalue weighted by Gasteiger charge is 2.18. The van der Waals surface area contributed by atoms with Crippen molar-refractivity contribution in [2.24, 2.45) is 7.05 Å². The van der Waals surface area contributed by atoms with E-state index in [4.69, 9.17) is 0 Å². The van der Waals surface area contributed by atoms with Crippen molar-refractivity contribution in [1.82, 2.24) is 24.0 Å². The lowest BCUT2D eigenvalue weighted by Gasteiger charge is -2.17. The number of H-pyrrole nitrogens is 1.